The SMILES string of the molecule is COc1ccc(-c2cc(NC(=O)c3cccc(F)c3F)ccc2OC(F)F)cc1. The van der Waals surface area contributed by atoms with Crippen molar-refractivity contribution in [1.82, 2.24) is 0 Å². The molecule has 0 aromatic heterocycles. The van der Waals surface area contributed by atoms with Crippen molar-refractivity contribution in [2.75, 3.05) is 12.4 Å². The van der Waals surface area contributed by atoms with E-state index in [4.69, 9.17) is 4.74 Å². The Hall–Kier alpha value is -3.55. The lowest BCUT2D eigenvalue weighted by Gasteiger charge is -2.14. The quantitative estimate of drug-likeness (QED) is 0.552. The largest absolute Gasteiger partial charge is 0.497 e. The van der Waals surface area contributed by atoms with Gasteiger partial charge in [0.05, 0.1) is 12.7 Å². The normalized spacial score (nSPS) is 10.7. The van der Waals surface area contributed by atoms with Gasteiger partial charge in [-0.05, 0) is 48.0 Å². The van der Waals surface area contributed by atoms with E-state index in [1.807, 2.05) is 0 Å². The van der Waals surface area contributed by atoms with Crippen LogP contribution in [-0.2, 0) is 0 Å². The molecule has 4 nitrogen and oxygen atoms in total. The van der Waals surface area contributed by atoms with Crippen LogP contribution in [0.3, 0.4) is 0 Å². The molecule has 1 N–H and O–H groups in total. The third-order valence-corrected chi connectivity index (χ3v) is 4.05. The van der Waals surface area contributed by atoms with Crippen molar-refractivity contribution in [3.8, 4) is 22.6 Å². The first kappa shape index (κ1) is 20.2. The summed E-state index contributed by atoms with van der Waals surface area (Å²) >= 11 is 0. The van der Waals surface area contributed by atoms with E-state index in [0.29, 0.717) is 11.3 Å². The van der Waals surface area contributed by atoms with Crippen LogP contribution in [0.5, 0.6) is 11.5 Å². The molecule has 3 aromatic carbocycles. The Morgan fingerprint density at radius 2 is 1.72 bits per heavy atom. The molecule has 8 heteroatoms. The van der Waals surface area contributed by atoms with Crippen LogP contribution >= 0.6 is 0 Å². The van der Waals surface area contributed by atoms with Crippen molar-refractivity contribution < 1.29 is 31.8 Å². The van der Waals surface area contributed by atoms with Gasteiger partial charge in [-0.2, -0.15) is 8.78 Å². The van der Waals surface area contributed by atoms with Crippen LogP contribution in [0.4, 0.5) is 23.2 Å². The number of anilines is 1. The van der Waals surface area contributed by atoms with Gasteiger partial charge in [-0.1, -0.05) is 18.2 Å². The van der Waals surface area contributed by atoms with Gasteiger partial charge in [-0.25, -0.2) is 8.78 Å². The fraction of sp³-hybridized carbons (Fsp3) is 0.0952. The number of hydrogen-bond acceptors (Lipinski definition) is 3. The summed E-state index contributed by atoms with van der Waals surface area (Å²) in [6.07, 6.45) is 0. The zero-order valence-corrected chi connectivity index (χ0v) is 15.1. The van der Waals surface area contributed by atoms with Gasteiger partial charge in [0.25, 0.3) is 5.91 Å². The fourth-order valence-corrected chi connectivity index (χ4v) is 2.68. The lowest BCUT2D eigenvalue weighted by atomic mass is 10.0. The molecule has 150 valence electrons. The van der Waals surface area contributed by atoms with Crippen LogP contribution in [0.15, 0.2) is 60.7 Å². The molecule has 0 aliphatic carbocycles. The highest BCUT2D eigenvalue weighted by Crippen LogP contribution is 2.34. The topological polar surface area (TPSA) is 47.6 Å². The molecule has 0 aliphatic heterocycles. The van der Waals surface area contributed by atoms with E-state index in [2.05, 4.69) is 10.1 Å². The zero-order valence-electron chi connectivity index (χ0n) is 15.1. The minimum absolute atomic E-state index is 0.111. The fourth-order valence-electron chi connectivity index (χ4n) is 2.68. The standard InChI is InChI=1S/C21H15F4NO3/c1-28-14-8-5-12(6-9-14)16-11-13(7-10-18(16)29-21(24)25)26-20(27)15-3-2-4-17(22)19(15)23/h2-11,21H,1H3,(H,26,27). The second-order valence-corrected chi connectivity index (χ2v) is 5.87. The Morgan fingerprint density at radius 1 is 1.00 bits per heavy atom. The van der Waals surface area contributed by atoms with Gasteiger partial charge in [0, 0.05) is 11.3 Å². The smallest absolute Gasteiger partial charge is 0.387 e. The van der Waals surface area contributed by atoms with Crippen molar-refractivity contribution in [1.29, 1.82) is 0 Å². The first-order valence-corrected chi connectivity index (χ1v) is 8.37. The molecule has 0 bridgehead atoms. The third kappa shape index (κ3) is 4.66. The minimum atomic E-state index is -3.05. The van der Waals surface area contributed by atoms with Gasteiger partial charge in [0.2, 0.25) is 0 Å². The molecule has 0 aliphatic rings. The maximum absolute atomic E-state index is 13.8. The first-order chi connectivity index (χ1) is 13.9. The van der Waals surface area contributed by atoms with Crippen LogP contribution in [0.25, 0.3) is 11.1 Å². The number of ether oxygens (including phenoxy) is 2. The molecule has 1 amide bonds. The molecule has 3 aromatic rings. The van der Waals surface area contributed by atoms with Gasteiger partial charge >= 0.3 is 6.61 Å². The van der Waals surface area contributed by atoms with E-state index < -0.39 is 29.7 Å². The van der Waals surface area contributed by atoms with Gasteiger partial charge in [-0.15, -0.1) is 0 Å². The van der Waals surface area contributed by atoms with E-state index in [-0.39, 0.29) is 17.0 Å². The summed E-state index contributed by atoms with van der Waals surface area (Å²) in [4.78, 5) is 12.3. The Morgan fingerprint density at radius 3 is 2.38 bits per heavy atom. The number of alkyl halides is 2. The number of halogens is 4. The van der Waals surface area contributed by atoms with Crippen LogP contribution in [-0.4, -0.2) is 19.6 Å². The molecule has 0 fully saturated rings. The monoisotopic (exact) mass is 405 g/mol. The zero-order chi connectivity index (χ0) is 21.0. The van der Waals surface area contributed by atoms with Gasteiger partial charge in [-0.3, -0.25) is 4.79 Å². The number of carbonyl (C=O) groups is 1. The molecule has 29 heavy (non-hydrogen) atoms. The Kier molecular flexibility index (Phi) is 6.01. The van der Waals surface area contributed by atoms with Crippen molar-refractivity contribution in [3.05, 3.63) is 77.9 Å². The second kappa shape index (κ2) is 8.64. The van der Waals surface area contributed by atoms with Crippen LogP contribution in [0.2, 0.25) is 0 Å². The van der Waals surface area contributed by atoms with E-state index in [1.165, 1.54) is 31.4 Å². The van der Waals surface area contributed by atoms with Crippen LogP contribution in [0, 0.1) is 11.6 Å². The number of rotatable bonds is 6. The van der Waals surface area contributed by atoms with Gasteiger partial charge in [0.1, 0.15) is 11.5 Å². The highest BCUT2D eigenvalue weighted by molar-refractivity contribution is 6.04. The molecule has 0 radical (unpaired) electrons. The third-order valence-electron chi connectivity index (χ3n) is 4.05. The summed E-state index contributed by atoms with van der Waals surface area (Å²) < 4.78 is 62.3. The minimum Gasteiger partial charge on any atom is -0.497 e. The Bertz CT molecular complexity index is 1020. The molecule has 3 rings (SSSR count). The lowest BCUT2D eigenvalue weighted by Crippen LogP contribution is -2.14. The molecule has 0 heterocycles. The van der Waals surface area contributed by atoms with Crippen molar-refractivity contribution in [2.45, 2.75) is 6.61 Å². The summed E-state index contributed by atoms with van der Waals surface area (Å²) in [6, 6.07) is 13.7. The number of hydrogen-bond donors (Lipinski definition) is 1. The average Bonchev–Trinajstić information content (AvgIpc) is 2.71. The number of benzene rings is 3. The van der Waals surface area contributed by atoms with Gasteiger partial charge < -0.3 is 14.8 Å². The van der Waals surface area contributed by atoms with Crippen molar-refractivity contribution >= 4 is 11.6 Å². The number of amides is 1. The maximum Gasteiger partial charge on any atom is 0.387 e. The summed E-state index contributed by atoms with van der Waals surface area (Å²) in [5.41, 5.74) is 0.495. The van der Waals surface area contributed by atoms with Crippen molar-refractivity contribution in [3.63, 3.8) is 0 Å². The summed E-state index contributed by atoms with van der Waals surface area (Å²) in [6.45, 7) is -3.05. The van der Waals surface area contributed by atoms with Crippen molar-refractivity contribution in [2.24, 2.45) is 0 Å². The average molecular weight is 405 g/mol. The van der Waals surface area contributed by atoms with E-state index in [1.54, 1.807) is 24.3 Å². The van der Waals surface area contributed by atoms with E-state index in [0.717, 1.165) is 12.1 Å². The second-order valence-electron chi connectivity index (χ2n) is 5.87. The number of methoxy groups -OCH3 is 1. The summed E-state index contributed by atoms with van der Waals surface area (Å²) in [7, 11) is 1.49. The molecule has 0 saturated heterocycles. The van der Waals surface area contributed by atoms with E-state index in [9.17, 15) is 22.4 Å². The number of nitrogens with one attached hydrogen (secondary N) is 1. The molecular weight excluding hydrogens is 390 g/mol. The van der Waals surface area contributed by atoms with Crippen LogP contribution < -0.4 is 14.8 Å². The van der Waals surface area contributed by atoms with Crippen LogP contribution in [0.1, 0.15) is 10.4 Å². The molecule has 0 atom stereocenters. The molecule has 0 saturated carbocycles. The molecular formula is C21H15F4NO3. The maximum atomic E-state index is 13.8. The number of carbonyl (C=O) groups excluding carboxylic acids is 1. The predicted octanol–water partition coefficient (Wildman–Crippen LogP) is 5.49. The summed E-state index contributed by atoms with van der Waals surface area (Å²) in [5, 5.41) is 2.43. The Balaban J connectivity index is 1.95. The highest BCUT2D eigenvalue weighted by Gasteiger charge is 2.17. The van der Waals surface area contributed by atoms with Gasteiger partial charge in [0.15, 0.2) is 11.6 Å². The summed E-state index contributed by atoms with van der Waals surface area (Å²) in [5.74, 6) is -2.86. The highest BCUT2D eigenvalue weighted by atomic mass is 19.3. The predicted molar refractivity (Wildman–Crippen MR) is 99.4 cm³/mol. The van der Waals surface area contributed by atoms with E-state index >= 15 is 0 Å². The molecule has 0 spiro atoms. The first-order valence-electron chi connectivity index (χ1n) is 8.37. The Labute approximate surface area is 163 Å². The lowest BCUT2D eigenvalue weighted by molar-refractivity contribution is -0.0494. The molecule has 0 unspecified atom stereocenters.